The van der Waals surface area contributed by atoms with E-state index in [4.69, 9.17) is 5.73 Å². The molecule has 0 radical (unpaired) electrons. The van der Waals surface area contributed by atoms with Gasteiger partial charge in [0, 0.05) is 12.1 Å². The molecule has 2 atom stereocenters. The lowest BCUT2D eigenvalue weighted by atomic mass is 10.1. The van der Waals surface area contributed by atoms with Crippen molar-refractivity contribution in [3.05, 3.63) is 35.1 Å². The molecule has 0 aromatic heterocycles. The van der Waals surface area contributed by atoms with Crippen LogP contribution in [0, 0.1) is 12.7 Å². The van der Waals surface area contributed by atoms with Crippen LogP contribution in [0.1, 0.15) is 18.1 Å². The van der Waals surface area contributed by atoms with Gasteiger partial charge in [0.05, 0.1) is 6.04 Å². The van der Waals surface area contributed by atoms with Gasteiger partial charge in [-0.1, -0.05) is 29.5 Å². The standard InChI is InChI=1S/C13H16FN3OS/c1-7-3-4-10(14)9(5-7)6-16-12(18)11-8(2)17-13(15)19-11/h3-5,8,11H,6H2,1-2H3,(H2,15,17)(H,16,18). The van der Waals surface area contributed by atoms with Crippen LogP contribution in [0.3, 0.4) is 0 Å². The van der Waals surface area contributed by atoms with E-state index in [9.17, 15) is 9.18 Å². The molecule has 1 heterocycles. The molecule has 6 heteroatoms. The summed E-state index contributed by atoms with van der Waals surface area (Å²) >= 11 is 1.25. The van der Waals surface area contributed by atoms with Crippen LogP contribution in [0.5, 0.6) is 0 Å². The zero-order chi connectivity index (χ0) is 14.0. The lowest BCUT2D eigenvalue weighted by molar-refractivity contribution is -0.120. The predicted octanol–water partition coefficient (Wildman–Crippen LogP) is 1.57. The van der Waals surface area contributed by atoms with Gasteiger partial charge in [-0.15, -0.1) is 0 Å². The van der Waals surface area contributed by atoms with E-state index in [-0.39, 0.29) is 29.6 Å². The molecule has 19 heavy (non-hydrogen) atoms. The summed E-state index contributed by atoms with van der Waals surface area (Å²) in [6.45, 7) is 3.90. The smallest absolute Gasteiger partial charge is 0.236 e. The minimum Gasteiger partial charge on any atom is -0.379 e. The average molecular weight is 281 g/mol. The molecule has 0 spiro atoms. The van der Waals surface area contributed by atoms with Crippen LogP contribution in [0.2, 0.25) is 0 Å². The number of hydrogen-bond donors (Lipinski definition) is 2. The van der Waals surface area contributed by atoms with Crippen molar-refractivity contribution in [2.45, 2.75) is 31.7 Å². The van der Waals surface area contributed by atoms with Crippen molar-refractivity contribution in [1.82, 2.24) is 5.32 Å². The largest absolute Gasteiger partial charge is 0.379 e. The third kappa shape index (κ3) is 3.26. The van der Waals surface area contributed by atoms with Crippen LogP contribution < -0.4 is 11.1 Å². The second kappa shape index (κ2) is 5.61. The van der Waals surface area contributed by atoms with Crippen molar-refractivity contribution in [3.63, 3.8) is 0 Å². The molecule has 0 fully saturated rings. The number of hydrogen-bond acceptors (Lipinski definition) is 4. The maximum absolute atomic E-state index is 13.5. The molecule has 1 amide bonds. The quantitative estimate of drug-likeness (QED) is 0.883. The summed E-state index contributed by atoms with van der Waals surface area (Å²) in [6, 6.07) is 4.69. The van der Waals surface area contributed by atoms with E-state index in [0.717, 1.165) is 5.56 Å². The van der Waals surface area contributed by atoms with Gasteiger partial charge in [0.15, 0.2) is 5.17 Å². The van der Waals surface area contributed by atoms with Crippen molar-refractivity contribution >= 4 is 22.8 Å². The molecule has 2 rings (SSSR count). The zero-order valence-electron chi connectivity index (χ0n) is 10.8. The molecular weight excluding hydrogens is 265 g/mol. The summed E-state index contributed by atoms with van der Waals surface area (Å²) in [5.74, 6) is -0.476. The van der Waals surface area contributed by atoms with E-state index in [2.05, 4.69) is 10.3 Å². The number of nitrogens with zero attached hydrogens (tertiary/aromatic N) is 1. The molecule has 0 bridgehead atoms. The van der Waals surface area contributed by atoms with E-state index in [0.29, 0.717) is 10.7 Å². The Bertz CT molecular complexity index is 533. The maximum atomic E-state index is 13.5. The highest BCUT2D eigenvalue weighted by Crippen LogP contribution is 2.24. The minimum atomic E-state index is -0.326. The molecule has 3 N–H and O–H groups in total. The lowest BCUT2D eigenvalue weighted by Crippen LogP contribution is -2.36. The second-order valence-corrected chi connectivity index (χ2v) is 5.72. The summed E-state index contributed by atoms with van der Waals surface area (Å²) in [7, 11) is 0. The number of amides is 1. The first-order valence-corrected chi connectivity index (χ1v) is 6.88. The van der Waals surface area contributed by atoms with Crippen molar-refractivity contribution < 1.29 is 9.18 Å². The maximum Gasteiger partial charge on any atom is 0.236 e. The van der Waals surface area contributed by atoms with Gasteiger partial charge in [-0.2, -0.15) is 0 Å². The molecule has 0 saturated heterocycles. The van der Waals surface area contributed by atoms with Gasteiger partial charge in [-0.25, -0.2) is 4.39 Å². The van der Waals surface area contributed by atoms with Crippen molar-refractivity contribution in [1.29, 1.82) is 0 Å². The molecular formula is C13H16FN3OS. The first kappa shape index (κ1) is 13.9. The monoisotopic (exact) mass is 281 g/mol. The highest BCUT2D eigenvalue weighted by Gasteiger charge is 2.31. The number of rotatable bonds is 3. The Balaban J connectivity index is 1.96. The SMILES string of the molecule is Cc1ccc(F)c(CNC(=O)C2SC(N)=NC2C)c1. The van der Waals surface area contributed by atoms with Crippen LogP contribution in [-0.4, -0.2) is 22.4 Å². The number of carbonyl (C=O) groups is 1. The Morgan fingerprint density at radius 1 is 1.58 bits per heavy atom. The van der Waals surface area contributed by atoms with Gasteiger partial charge in [-0.05, 0) is 19.9 Å². The predicted molar refractivity (Wildman–Crippen MR) is 75.4 cm³/mol. The van der Waals surface area contributed by atoms with Crippen molar-refractivity contribution in [2.75, 3.05) is 0 Å². The van der Waals surface area contributed by atoms with E-state index in [1.807, 2.05) is 13.8 Å². The minimum absolute atomic E-state index is 0.146. The molecule has 1 aromatic rings. The van der Waals surface area contributed by atoms with Crippen molar-refractivity contribution in [3.8, 4) is 0 Å². The summed E-state index contributed by atoms with van der Waals surface area (Å²) in [5, 5.41) is 2.83. The Morgan fingerprint density at radius 2 is 2.32 bits per heavy atom. The lowest BCUT2D eigenvalue weighted by Gasteiger charge is -2.13. The number of aryl methyl sites for hydroxylation is 1. The number of amidine groups is 1. The molecule has 1 aliphatic heterocycles. The van der Waals surface area contributed by atoms with E-state index in [1.54, 1.807) is 12.1 Å². The molecule has 0 aliphatic carbocycles. The Hall–Kier alpha value is -1.56. The molecule has 1 aromatic carbocycles. The zero-order valence-corrected chi connectivity index (χ0v) is 11.6. The van der Waals surface area contributed by atoms with E-state index in [1.165, 1.54) is 17.8 Å². The molecule has 4 nitrogen and oxygen atoms in total. The third-order valence-electron chi connectivity index (χ3n) is 2.93. The Morgan fingerprint density at radius 3 is 2.95 bits per heavy atom. The van der Waals surface area contributed by atoms with Gasteiger partial charge in [0.1, 0.15) is 11.1 Å². The van der Waals surface area contributed by atoms with Gasteiger partial charge in [-0.3, -0.25) is 9.79 Å². The normalized spacial score (nSPS) is 22.2. The molecule has 2 unspecified atom stereocenters. The third-order valence-corrected chi connectivity index (χ3v) is 4.14. The van der Waals surface area contributed by atoms with Crippen LogP contribution >= 0.6 is 11.8 Å². The second-order valence-electron chi connectivity index (χ2n) is 4.56. The first-order chi connectivity index (χ1) is 8.97. The molecule has 0 saturated carbocycles. The fraction of sp³-hybridized carbons (Fsp3) is 0.385. The van der Waals surface area contributed by atoms with Crippen molar-refractivity contribution in [2.24, 2.45) is 10.7 Å². The fourth-order valence-corrected chi connectivity index (χ4v) is 2.86. The summed E-state index contributed by atoms with van der Waals surface area (Å²) in [4.78, 5) is 16.1. The summed E-state index contributed by atoms with van der Waals surface area (Å²) in [5.41, 5.74) is 7.02. The van der Waals surface area contributed by atoms with Gasteiger partial charge in [0.25, 0.3) is 0 Å². The number of nitrogens with one attached hydrogen (secondary N) is 1. The highest BCUT2D eigenvalue weighted by atomic mass is 32.2. The number of halogens is 1. The van der Waals surface area contributed by atoms with Gasteiger partial charge < -0.3 is 11.1 Å². The van der Waals surface area contributed by atoms with Gasteiger partial charge in [0.2, 0.25) is 5.91 Å². The highest BCUT2D eigenvalue weighted by molar-refractivity contribution is 8.15. The Labute approximate surface area is 115 Å². The number of thioether (sulfide) groups is 1. The Kier molecular flexibility index (Phi) is 4.09. The topological polar surface area (TPSA) is 67.5 Å². The molecule has 1 aliphatic rings. The van der Waals surface area contributed by atoms with Crippen LogP contribution in [0.4, 0.5) is 4.39 Å². The fourth-order valence-electron chi connectivity index (χ4n) is 1.92. The number of benzene rings is 1. The number of nitrogens with two attached hydrogens (primary N) is 1. The number of aliphatic imine (C=N–C) groups is 1. The van der Waals surface area contributed by atoms with Crippen LogP contribution in [0.25, 0.3) is 0 Å². The average Bonchev–Trinajstić information content (AvgIpc) is 2.69. The summed E-state index contributed by atoms with van der Waals surface area (Å²) in [6.07, 6.45) is 0. The molecule has 102 valence electrons. The van der Waals surface area contributed by atoms with Crippen LogP contribution in [0.15, 0.2) is 23.2 Å². The number of carbonyl (C=O) groups excluding carboxylic acids is 1. The van der Waals surface area contributed by atoms with E-state index >= 15 is 0 Å². The van der Waals surface area contributed by atoms with E-state index < -0.39 is 0 Å². The first-order valence-electron chi connectivity index (χ1n) is 6.00. The van der Waals surface area contributed by atoms with Crippen LogP contribution in [-0.2, 0) is 11.3 Å². The summed E-state index contributed by atoms with van der Waals surface area (Å²) < 4.78 is 13.5. The van der Waals surface area contributed by atoms with Gasteiger partial charge >= 0.3 is 0 Å².